The van der Waals surface area contributed by atoms with E-state index < -0.39 is 16.8 Å². The number of benzene rings is 3. The fourth-order valence-electron chi connectivity index (χ4n) is 3.50. The van der Waals surface area contributed by atoms with Gasteiger partial charge in [-0.2, -0.15) is 12.6 Å². The molecule has 2 unspecified atom stereocenters. The van der Waals surface area contributed by atoms with Crippen LogP contribution in [0, 0.1) is 0 Å². The second-order valence-electron chi connectivity index (χ2n) is 6.10. The number of rotatable bonds is 6. The summed E-state index contributed by atoms with van der Waals surface area (Å²) in [6, 6.07) is 30.1. The first-order chi connectivity index (χ1) is 12.2. The standard InChI is InChI=1S/C22H22O2S/c23-16-20(24)21(25)22(17-10-4-1-5-11-17,18-12-6-2-7-13-18)19-14-8-3-9-15-19/h1-15,20-21,23-25H,16H2. The Kier molecular flexibility index (Phi) is 5.59. The monoisotopic (exact) mass is 350 g/mol. The quantitative estimate of drug-likeness (QED) is 0.469. The van der Waals surface area contributed by atoms with E-state index in [0.717, 1.165) is 16.7 Å². The maximum absolute atomic E-state index is 10.5. The third kappa shape index (κ3) is 3.23. The van der Waals surface area contributed by atoms with Crippen molar-refractivity contribution in [2.75, 3.05) is 6.61 Å². The maximum Gasteiger partial charge on any atom is 0.0901 e. The smallest absolute Gasteiger partial charge is 0.0901 e. The van der Waals surface area contributed by atoms with Gasteiger partial charge in [-0.25, -0.2) is 0 Å². The van der Waals surface area contributed by atoms with Gasteiger partial charge in [0.15, 0.2) is 0 Å². The van der Waals surface area contributed by atoms with Crippen LogP contribution in [0.5, 0.6) is 0 Å². The van der Waals surface area contributed by atoms with Gasteiger partial charge in [0.2, 0.25) is 0 Å². The molecular formula is C22H22O2S. The first kappa shape index (κ1) is 17.7. The van der Waals surface area contributed by atoms with E-state index in [9.17, 15) is 10.2 Å². The minimum atomic E-state index is -0.969. The van der Waals surface area contributed by atoms with Gasteiger partial charge >= 0.3 is 0 Å². The van der Waals surface area contributed by atoms with Gasteiger partial charge < -0.3 is 10.2 Å². The molecule has 3 aromatic rings. The minimum absolute atomic E-state index is 0.345. The summed E-state index contributed by atoms with van der Waals surface area (Å²) in [5, 5.41) is 19.6. The second-order valence-corrected chi connectivity index (χ2v) is 6.66. The highest BCUT2D eigenvalue weighted by atomic mass is 32.1. The van der Waals surface area contributed by atoms with Gasteiger partial charge in [0, 0.05) is 5.25 Å². The molecule has 3 heteroatoms. The lowest BCUT2D eigenvalue weighted by Crippen LogP contribution is -2.46. The molecule has 0 fully saturated rings. The predicted octanol–water partition coefficient (Wildman–Crippen LogP) is 3.67. The minimum Gasteiger partial charge on any atom is -0.394 e. The Morgan fingerprint density at radius 3 is 1.28 bits per heavy atom. The van der Waals surface area contributed by atoms with Crippen LogP contribution in [0.3, 0.4) is 0 Å². The number of aliphatic hydroxyl groups is 2. The molecule has 0 spiro atoms. The molecule has 0 aliphatic heterocycles. The molecule has 0 radical (unpaired) electrons. The Labute approximate surface area is 154 Å². The molecule has 0 heterocycles. The summed E-state index contributed by atoms with van der Waals surface area (Å²) in [6.45, 7) is -0.345. The van der Waals surface area contributed by atoms with E-state index in [4.69, 9.17) is 12.6 Å². The second kappa shape index (κ2) is 7.87. The highest BCUT2D eigenvalue weighted by Crippen LogP contribution is 2.45. The molecule has 0 bridgehead atoms. The summed E-state index contributed by atoms with van der Waals surface area (Å²) in [7, 11) is 0. The number of thiol groups is 1. The maximum atomic E-state index is 10.5. The van der Waals surface area contributed by atoms with Gasteiger partial charge in [0.05, 0.1) is 18.1 Å². The zero-order valence-corrected chi connectivity index (χ0v) is 14.8. The molecule has 2 atom stereocenters. The Bertz CT molecular complexity index is 678. The van der Waals surface area contributed by atoms with Gasteiger partial charge in [-0.05, 0) is 16.7 Å². The number of aliphatic hydroxyl groups excluding tert-OH is 2. The van der Waals surface area contributed by atoms with Crippen molar-refractivity contribution >= 4 is 12.6 Å². The molecular weight excluding hydrogens is 328 g/mol. The van der Waals surface area contributed by atoms with Gasteiger partial charge in [-0.1, -0.05) is 91.0 Å². The van der Waals surface area contributed by atoms with Crippen LogP contribution in [0.2, 0.25) is 0 Å². The lowest BCUT2D eigenvalue weighted by atomic mass is 9.66. The summed E-state index contributed by atoms with van der Waals surface area (Å²) >= 11 is 4.81. The summed E-state index contributed by atoms with van der Waals surface area (Å²) in [6.07, 6.45) is -0.969. The Morgan fingerprint density at radius 2 is 1.00 bits per heavy atom. The molecule has 0 saturated carbocycles. The van der Waals surface area contributed by atoms with E-state index >= 15 is 0 Å². The van der Waals surface area contributed by atoms with Crippen molar-refractivity contribution in [2.24, 2.45) is 0 Å². The molecule has 25 heavy (non-hydrogen) atoms. The van der Waals surface area contributed by atoms with E-state index in [-0.39, 0.29) is 6.61 Å². The molecule has 2 nitrogen and oxygen atoms in total. The molecule has 0 saturated heterocycles. The fourth-order valence-corrected chi connectivity index (χ4v) is 4.05. The number of hydrogen-bond acceptors (Lipinski definition) is 3. The van der Waals surface area contributed by atoms with Crippen LogP contribution in [0.1, 0.15) is 16.7 Å². The van der Waals surface area contributed by atoms with Crippen molar-refractivity contribution in [1.29, 1.82) is 0 Å². The van der Waals surface area contributed by atoms with Crippen molar-refractivity contribution in [3.8, 4) is 0 Å². The lowest BCUT2D eigenvalue weighted by molar-refractivity contribution is 0.0832. The van der Waals surface area contributed by atoms with Crippen LogP contribution < -0.4 is 0 Å². The molecule has 0 aliphatic rings. The third-order valence-electron chi connectivity index (χ3n) is 4.68. The SMILES string of the molecule is OCC(O)C(S)C(c1ccccc1)(c1ccccc1)c1ccccc1. The average molecular weight is 350 g/mol. The Balaban J connectivity index is 2.36. The molecule has 0 aromatic heterocycles. The Hall–Kier alpha value is -2.07. The van der Waals surface area contributed by atoms with Gasteiger partial charge in [0.1, 0.15) is 0 Å². The number of hydrogen-bond donors (Lipinski definition) is 3. The van der Waals surface area contributed by atoms with E-state index in [0.29, 0.717) is 0 Å². The van der Waals surface area contributed by atoms with Crippen LogP contribution in [-0.2, 0) is 5.41 Å². The van der Waals surface area contributed by atoms with Crippen LogP contribution in [0.4, 0.5) is 0 Å². The first-order valence-corrected chi connectivity index (χ1v) is 8.86. The van der Waals surface area contributed by atoms with Crippen LogP contribution in [0.15, 0.2) is 91.0 Å². The van der Waals surface area contributed by atoms with Crippen LogP contribution >= 0.6 is 12.6 Å². The lowest BCUT2D eigenvalue weighted by Gasteiger charge is -2.42. The van der Waals surface area contributed by atoms with Crippen LogP contribution in [0.25, 0.3) is 0 Å². The van der Waals surface area contributed by atoms with Gasteiger partial charge in [0.25, 0.3) is 0 Å². The van der Waals surface area contributed by atoms with Crippen molar-refractivity contribution < 1.29 is 10.2 Å². The highest BCUT2D eigenvalue weighted by Gasteiger charge is 2.44. The van der Waals surface area contributed by atoms with E-state index in [2.05, 4.69) is 0 Å². The summed E-state index contributed by atoms with van der Waals surface area (Å²) < 4.78 is 0. The molecule has 3 rings (SSSR count). The van der Waals surface area contributed by atoms with E-state index in [1.54, 1.807) is 0 Å². The molecule has 128 valence electrons. The zero-order chi connectivity index (χ0) is 17.7. The molecule has 0 aliphatic carbocycles. The van der Waals surface area contributed by atoms with Gasteiger partial charge in [-0.15, -0.1) is 0 Å². The summed E-state index contributed by atoms with van der Waals surface area (Å²) in [4.78, 5) is 0. The highest BCUT2D eigenvalue weighted by molar-refractivity contribution is 7.81. The van der Waals surface area contributed by atoms with Gasteiger partial charge in [-0.3, -0.25) is 0 Å². The third-order valence-corrected chi connectivity index (χ3v) is 5.41. The summed E-state index contributed by atoms with van der Waals surface area (Å²) in [5.74, 6) is 0. The topological polar surface area (TPSA) is 40.5 Å². The Morgan fingerprint density at radius 1 is 0.680 bits per heavy atom. The van der Waals surface area contributed by atoms with Crippen molar-refractivity contribution in [1.82, 2.24) is 0 Å². The molecule has 3 aromatic carbocycles. The van der Waals surface area contributed by atoms with Crippen molar-refractivity contribution in [2.45, 2.75) is 16.8 Å². The van der Waals surface area contributed by atoms with E-state index in [1.165, 1.54) is 0 Å². The average Bonchev–Trinajstić information content (AvgIpc) is 2.70. The molecule has 0 amide bonds. The van der Waals surface area contributed by atoms with E-state index in [1.807, 2.05) is 91.0 Å². The zero-order valence-electron chi connectivity index (χ0n) is 13.9. The largest absolute Gasteiger partial charge is 0.394 e. The van der Waals surface area contributed by atoms with Crippen molar-refractivity contribution in [3.05, 3.63) is 108 Å². The van der Waals surface area contributed by atoms with Crippen molar-refractivity contribution in [3.63, 3.8) is 0 Å². The normalized spacial score (nSPS) is 14.0. The van der Waals surface area contributed by atoms with Crippen LogP contribution in [-0.4, -0.2) is 28.2 Å². The first-order valence-electron chi connectivity index (χ1n) is 8.34. The fraction of sp³-hybridized carbons (Fsp3) is 0.182. The molecule has 2 N–H and O–H groups in total. The predicted molar refractivity (Wildman–Crippen MR) is 105 cm³/mol. The summed E-state index contributed by atoms with van der Waals surface area (Å²) in [5.41, 5.74) is 2.40.